The maximum atomic E-state index is 13.0. The molecule has 1 nitrogen and oxygen atoms in total. The molecule has 0 unspecified atom stereocenters. The third kappa shape index (κ3) is 2.73. The Bertz CT molecular complexity index is 539. The van der Waals surface area contributed by atoms with E-state index >= 15 is 0 Å². The largest absolute Gasteiger partial charge is 0.384 e. The lowest BCUT2D eigenvalue weighted by atomic mass is 9.97. The molecule has 0 spiro atoms. The second-order valence-electron chi connectivity index (χ2n) is 3.96. The topological polar surface area (TPSA) is 20.2 Å². The maximum absolute atomic E-state index is 13.0. The van der Waals surface area contributed by atoms with Gasteiger partial charge in [0.2, 0.25) is 0 Å². The van der Waals surface area contributed by atoms with E-state index in [1.54, 1.807) is 13.0 Å². The molecule has 17 heavy (non-hydrogen) atoms. The van der Waals surface area contributed by atoms with E-state index in [4.69, 9.17) is 0 Å². The van der Waals surface area contributed by atoms with Crippen molar-refractivity contribution in [3.05, 3.63) is 69.4 Å². The quantitative estimate of drug-likeness (QED) is 0.888. The third-order valence-corrected chi connectivity index (χ3v) is 3.18. The summed E-state index contributed by atoms with van der Waals surface area (Å²) in [5.74, 6) is -0.285. The first-order valence-electron chi connectivity index (χ1n) is 5.27. The Morgan fingerprint density at radius 1 is 1.18 bits per heavy atom. The van der Waals surface area contributed by atoms with Gasteiger partial charge in [-0.05, 0) is 47.9 Å². The molecule has 1 atom stereocenters. The van der Waals surface area contributed by atoms with Gasteiger partial charge >= 0.3 is 0 Å². The van der Waals surface area contributed by atoms with Gasteiger partial charge in [0.15, 0.2) is 0 Å². The number of benzene rings is 2. The van der Waals surface area contributed by atoms with Crippen molar-refractivity contribution in [2.24, 2.45) is 0 Å². The minimum absolute atomic E-state index is 0.285. The Hall–Kier alpha value is -1.19. The van der Waals surface area contributed by atoms with Crippen LogP contribution in [0, 0.1) is 12.7 Å². The lowest BCUT2D eigenvalue weighted by Gasteiger charge is -2.14. The molecule has 2 aromatic carbocycles. The summed E-state index contributed by atoms with van der Waals surface area (Å²) in [6.45, 7) is 1.79. The van der Waals surface area contributed by atoms with Gasteiger partial charge in [0.1, 0.15) is 11.9 Å². The van der Waals surface area contributed by atoms with Gasteiger partial charge in [-0.3, -0.25) is 0 Å². The van der Waals surface area contributed by atoms with Crippen LogP contribution in [-0.2, 0) is 0 Å². The summed E-state index contributed by atoms with van der Waals surface area (Å²) in [6.07, 6.45) is -0.729. The predicted octanol–water partition coefficient (Wildman–Crippen LogP) is 3.98. The first-order chi connectivity index (χ1) is 8.08. The second-order valence-corrected chi connectivity index (χ2v) is 4.87. The average molecular weight is 295 g/mol. The number of hydrogen-bond acceptors (Lipinski definition) is 1. The zero-order valence-electron chi connectivity index (χ0n) is 9.32. The summed E-state index contributed by atoms with van der Waals surface area (Å²) in [5, 5.41) is 10.2. The van der Waals surface area contributed by atoms with E-state index in [1.807, 2.05) is 24.3 Å². The molecule has 88 valence electrons. The van der Waals surface area contributed by atoms with Crippen LogP contribution in [0.1, 0.15) is 22.8 Å². The van der Waals surface area contributed by atoms with Gasteiger partial charge < -0.3 is 5.11 Å². The molecule has 0 amide bonds. The van der Waals surface area contributed by atoms with Gasteiger partial charge in [0.25, 0.3) is 0 Å². The Morgan fingerprint density at radius 2 is 1.94 bits per heavy atom. The fourth-order valence-corrected chi connectivity index (χ4v) is 2.22. The molecule has 2 rings (SSSR count). The smallest absolute Gasteiger partial charge is 0.123 e. The standard InChI is InChI=1S/C14H12BrFO/c1-9-7-12(16)5-6-13(9)14(17)10-3-2-4-11(15)8-10/h2-8,14,17H,1H3/t14-/m1/s1. The second kappa shape index (κ2) is 4.98. The molecule has 0 saturated heterocycles. The Kier molecular flexibility index (Phi) is 3.60. The lowest BCUT2D eigenvalue weighted by Crippen LogP contribution is -2.02. The zero-order valence-corrected chi connectivity index (χ0v) is 10.9. The number of hydrogen-bond donors (Lipinski definition) is 1. The SMILES string of the molecule is Cc1cc(F)ccc1[C@H](O)c1cccc(Br)c1. The van der Waals surface area contributed by atoms with Crippen LogP contribution in [0.25, 0.3) is 0 Å². The molecule has 0 bridgehead atoms. The van der Waals surface area contributed by atoms with E-state index < -0.39 is 6.10 Å². The number of halogens is 2. The van der Waals surface area contributed by atoms with Gasteiger partial charge in [0.05, 0.1) is 0 Å². The number of rotatable bonds is 2. The first-order valence-corrected chi connectivity index (χ1v) is 6.07. The van der Waals surface area contributed by atoms with E-state index in [0.29, 0.717) is 0 Å². The highest BCUT2D eigenvalue weighted by atomic mass is 79.9. The van der Waals surface area contributed by atoms with Crippen LogP contribution in [0.5, 0.6) is 0 Å². The molecule has 0 heterocycles. The summed E-state index contributed by atoms with van der Waals surface area (Å²) in [4.78, 5) is 0. The van der Waals surface area contributed by atoms with Gasteiger partial charge in [-0.25, -0.2) is 4.39 Å². The van der Waals surface area contributed by atoms with Crippen molar-refractivity contribution >= 4 is 15.9 Å². The van der Waals surface area contributed by atoms with Crippen LogP contribution < -0.4 is 0 Å². The number of aliphatic hydroxyl groups is 1. The monoisotopic (exact) mass is 294 g/mol. The van der Waals surface area contributed by atoms with Crippen molar-refractivity contribution < 1.29 is 9.50 Å². The van der Waals surface area contributed by atoms with E-state index in [-0.39, 0.29) is 5.82 Å². The van der Waals surface area contributed by atoms with E-state index in [9.17, 15) is 9.50 Å². The fraction of sp³-hybridized carbons (Fsp3) is 0.143. The van der Waals surface area contributed by atoms with Crippen molar-refractivity contribution in [3.63, 3.8) is 0 Å². The van der Waals surface area contributed by atoms with Crippen LogP contribution in [0.2, 0.25) is 0 Å². The molecule has 0 aliphatic rings. The maximum Gasteiger partial charge on any atom is 0.123 e. The summed E-state index contributed by atoms with van der Waals surface area (Å²) in [6, 6.07) is 11.9. The van der Waals surface area contributed by atoms with Gasteiger partial charge in [-0.1, -0.05) is 34.1 Å². The number of aryl methyl sites for hydroxylation is 1. The highest BCUT2D eigenvalue weighted by Crippen LogP contribution is 2.26. The molecular weight excluding hydrogens is 283 g/mol. The van der Waals surface area contributed by atoms with Crippen LogP contribution in [0.15, 0.2) is 46.9 Å². The first kappa shape index (κ1) is 12.3. The van der Waals surface area contributed by atoms with Crippen LogP contribution >= 0.6 is 15.9 Å². The number of aliphatic hydroxyl groups excluding tert-OH is 1. The van der Waals surface area contributed by atoms with Crippen LogP contribution in [0.4, 0.5) is 4.39 Å². The summed E-state index contributed by atoms with van der Waals surface area (Å²) in [5.41, 5.74) is 2.26. The van der Waals surface area contributed by atoms with Gasteiger partial charge in [-0.15, -0.1) is 0 Å². The lowest BCUT2D eigenvalue weighted by molar-refractivity contribution is 0.219. The molecule has 2 aromatic rings. The Balaban J connectivity index is 2.40. The summed E-state index contributed by atoms with van der Waals surface area (Å²) >= 11 is 3.36. The molecule has 0 aliphatic heterocycles. The van der Waals surface area contributed by atoms with Gasteiger partial charge in [0, 0.05) is 4.47 Å². The molecule has 0 saturated carbocycles. The highest BCUT2D eigenvalue weighted by Gasteiger charge is 2.13. The molecular formula is C14H12BrFO. The molecule has 0 radical (unpaired) electrons. The Morgan fingerprint density at radius 3 is 2.59 bits per heavy atom. The van der Waals surface area contributed by atoms with Crippen LogP contribution in [0.3, 0.4) is 0 Å². The Labute approximate surface area is 108 Å². The molecule has 0 aromatic heterocycles. The average Bonchev–Trinajstić information content (AvgIpc) is 2.28. The van der Waals surface area contributed by atoms with Crippen molar-refractivity contribution in [2.75, 3.05) is 0 Å². The normalized spacial score (nSPS) is 12.5. The minimum atomic E-state index is -0.729. The molecule has 1 N–H and O–H groups in total. The fourth-order valence-electron chi connectivity index (χ4n) is 1.80. The highest BCUT2D eigenvalue weighted by molar-refractivity contribution is 9.10. The third-order valence-electron chi connectivity index (χ3n) is 2.69. The van der Waals surface area contributed by atoms with Crippen molar-refractivity contribution in [1.82, 2.24) is 0 Å². The molecule has 3 heteroatoms. The van der Waals surface area contributed by atoms with Crippen molar-refractivity contribution in [1.29, 1.82) is 0 Å². The zero-order chi connectivity index (χ0) is 12.4. The molecule has 0 aliphatic carbocycles. The predicted molar refractivity (Wildman–Crippen MR) is 69.3 cm³/mol. The van der Waals surface area contributed by atoms with Crippen LogP contribution in [-0.4, -0.2) is 5.11 Å². The van der Waals surface area contributed by atoms with Crippen molar-refractivity contribution in [2.45, 2.75) is 13.0 Å². The van der Waals surface area contributed by atoms with E-state index in [0.717, 1.165) is 21.2 Å². The van der Waals surface area contributed by atoms with E-state index in [2.05, 4.69) is 15.9 Å². The summed E-state index contributed by atoms with van der Waals surface area (Å²) in [7, 11) is 0. The minimum Gasteiger partial charge on any atom is -0.384 e. The summed E-state index contributed by atoms with van der Waals surface area (Å²) < 4.78 is 13.9. The molecule has 0 fully saturated rings. The van der Waals surface area contributed by atoms with Gasteiger partial charge in [-0.2, -0.15) is 0 Å². The van der Waals surface area contributed by atoms with Crippen molar-refractivity contribution in [3.8, 4) is 0 Å². The van der Waals surface area contributed by atoms with E-state index in [1.165, 1.54) is 12.1 Å².